The molecule has 0 aliphatic carbocycles. The highest BCUT2D eigenvalue weighted by molar-refractivity contribution is 6.35. The van der Waals surface area contributed by atoms with Gasteiger partial charge < -0.3 is 20.3 Å². The van der Waals surface area contributed by atoms with Crippen molar-refractivity contribution < 1.29 is 24.5 Å². The van der Waals surface area contributed by atoms with Crippen LogP contribution >= 0.6 is 23.2 Å². The molecule has 0 spiro atoms. The summed E-state index contributed by atoms with van der Waals surface area (Å²) < 4.78 is 5.81. The summed E-state index contributed by atoms with van der Waals surface area (Å²) in [6.45, 7) is 5.73. The van der Waals surface area contributed by atoms with E-state index in [0.717, 1.165) is 11.1 Å². The van der Waals surface area contributed by atoms with Crippen LogP contribution < -0.4 is 10.1 Å². The number of carboxylic acids is 1. The molecule has 0 heterocycles. The van der Waals surface area contributed by atoms with E-state index in [4.69, 9.17) is 38.2 Å². The normalized spacial score (nSPS) is 10.6. The number of aliphatic hydroxyl groups is 1. The third-order valence-corrected chi connectivity index (χ3v) is 4.75. The number of aryl methyl sites for hydroxylation is 1. The van der Waals surface area contributed by atoms with Gasteiger partial charge in [-0.15, -0.1) is 0 Å². The highest BCUT2D eigenvalue weighted by atomic mass is 35.5. The van der Waals surface area contributed by atoms with Gasteiger partial charge in [-0.3, -0.25) is 9.59 Å². The second-order valence-electron chi connectivity index (χ2n) is 7.21. The van der Waals surface area contributed by atoms with Crippen LogP contribution in [0.5, 0.6) is 5.75 Å². The monoisotopic (exact) mass is 469 g/mol. The van der Waals surface area contributed by atoms with Crippen molar-refractivity contribution in [1.29, 1.82) is 0 Å². The van der Waals surface area contributed by atoms with E-state index in [1.54, 1.807) is 57.2 Å². The predicted octanol–water partition coefficient (Wildman–Crippen LogP) is 4.53. The molecule has 2 aromatic rings. The third-order valence-electron chi connectivity index (χ3n) is 4.17. The average Bonchev–Trinajstić information content (AvgIpc) is 2.69. The lowest BCUT2D eigenvalue weighted by molar-refractivity contribution is -0.137. The number of aliphatic hydroxyl groups excluding tert-OH is 1. The standard InChI is InChI=1S/C21H23Cl2NO4.C2H6O/c1-21(2,28-17-8-3-14(4-9-17)5-10-19(25)26)20(27)24-12-11-15-6-7-16(22)13-18(15)23;1-2-3/h3-4,6-9,13H,5,10-12H2,1-2H3,(H,24,27)(H,25,26);3H,2H2,1H3. The van der Waals surface area contributed by atoms with Gasteiger partial charge in [0.25, 0.3) is 5.91 Å². The minimum Gasteiger partial charge on any atom is -0.481 e. The van der Waals surface area contributed by atoms with Crippen LogP contribution in [0.4, 0.5) is 0 Å². The van der Waals surface area contributed by atoms with Gasteiger partial charge in [0.05, 0.1) is 0 Å². The van der Waals surface area contributed by atoms with Gasteiger partial charge in [0.1, 0.15) is 5.75 Å². The van der Waals surface area contributed by atoms with Gasteiger partial charge in [0.15, 0.2) is 5.60 Å². The number of carbonyl (C=O) groups is 2. The molecule has 6 nitrogen and oxygen atoms in total. The Hall–Kier alpha value is -2.28. The zero-order chi connectivity index (χ0) is 23.4. The highest BCUT2D eigenvalue weighted by Crippen LogP contribution is 2.22. The maximum Gasteiger partial charge on any atom is 0.303 e. The topological polar surface area (TPSA) is 95.9 Å². The van der Waals surface area contributed by atoms with Crippen molar-refractivity contribution in [3.63, 3.8) is 0 Å². The summed E-state index contributed by atoms with van der Waals surface area (Å²) in [5.41, 5.74) is 0.741. The summed E-state index contributed by atoms with van der Waals surface area (Å²) >= 11 is 12.0. The predicted molar refractivity (Wildman–Crippen MR) is 123 cm³/mol. The molecule has 0 fully saturated rings. The lowest BCUT2D eigenvalue weighted by Gasteiger charge is -2.25. The van der Waals surface area contributed by atoms with Crippen molar-refractivity contribution in [1.82, 2.24) is 5.32 Å². The Morgan fingerprint density at radius 3 is 2.23 bits per heavy atom. The van der Waals surface area contributed by atoms with Gasteiger partial charge in [0.2, 0.25) is 0 Å². The number of hydrogen-bond acceptors (Lipinski definition) is 4. The van der Waals surface area contributed by atoms with Crippen molar-refractivity contribution in [3.8, 4) is 5.75 Å². The number of halogens is 2. The van der Waals surface area contributed by atoms with Crippen LogP contribution in [-0.4, -0.2) is 40.8 Å². The second kappa shape index (κ2) is 13.2. The third kappa shape index (κ3) is 10.0. The minimum absolute atomic E-state index is 0.0751. The molecular formula is C23H29Cl2NO5. The number of rotatable bonds is 9. The van der Waals surface area contributed by atoms with Crippen LogP contribution in [0.2, 0.25) is 10.0 Å². The van der Waals surface area contributed by atoms with Crippen LogP contribution in [-0.2, 0) is 22.4 Å². The fraction of sp³-hybridized carbons (Fsp3) is 0.391. The molecular weight excluding hydrogens is 441 g/mol. The zero-order valence-corrected chi connectivity index (χ0v) is 19.5. The summed E-state index contributed by atoms with van der Waals surface area (Å²) in [5, 5.41) is 20.3. The molecule has 0 saturated carbocycles. The Balaban J connectivity index is 0.00000151. The molecule has 0 bridgehead atoms. The highest BCUT2D eigenvalue weighted by Gasteiger charge is 2.29. The number of benzene rings is 2. The number of carbonyl (C=O) groups excluding carboxylic acids is 1. The van der Waals surface area contributed by atoms with E-state index in [0.29, 0.717) is 35.2 Å². The maximum atomic E-state index is 12.5. The molecule has 0 aliphatic heterocycles. The smallest absolute Gasteiger partial charge is 0.303 e. The van der Waals surface area contributed by atoms with Crippen LogP contribution in [0.1, 0.15) is 38.3 Å². The molecule has 170 valence electrons. The molecule has 0 unspecified atom stereocenters. The number of amides is 1. The summed E-state index contributed by atoms with van der Waals surface area (Å²) in [5.74, 6) is -0.537. The molecule has 0 radical (unpaired) electrons. The van der Waals surface area contributed by atoms with Crippen LogP contribution in [0.25, 0.3) is 0 Å². The molecule has 0 atom stereocenters. The van der Waals surface area contributed by atoms with Gasteiger partial charge in [-0.1, -0.05) is 41.4 Å². The first-order valence-electron chi connectivity index (χ1n) is 9.92. The first-order chi connectivity index (χ1) is 14.6. The first-order valence-corrected chi connectivity index (χ1v) is 10.7. The molecule has 2 aromatic carbocycles. The van der Waals surface area contributed by atoms with Crippen molar-refractivity contribution in [2.24, 2.45) is 0 Å². The van der Waals surface area contributed by atoms with E-state index in [1.165, 1.54) is 0 Å². The molecule has 0 aliphatic rings. The summed E-state index contributed by atoms with van der Waals surface area (Å²) in [7, 11) is 0. The van der Waals surface area contributed by atoms with Gasteiger partial charge in [0, 0.05) is 29.6 Å². The van der Waals surface area contributed by atoms with Crippen molar-refractivity contribution in [2.75, 3.05) is 13.2 Å². The Kier molecular flexibility index (Phi) is 11.4. The largest absolute Gasteiger partial charge is 0.481 e. The fourth-order valence-electron chi connectivity index (χ4n) is 2.56. The number of ether oxygens (including phenoxy) is 1. The molecule has 3 N–H and O–H groups in total. The fourth-order valence-corrected chi connectivity index (χ4v) is 3.07. The Labute approximate surface area is 193 Å². The SMILES string of the molecule is CC(C)(Oc1ccc(CCC(=O)O)cc1)C(=O)NCCc1ccc(Cl)cc1Cl.CCO. The molecule has 1 amide bonds. The first kappa shape index (κ1) is 26.8. The molecule has 0 aromatic heterocycles. The van der Waals surface area contributed by atoms with Gasteiger partial charge in [-0.25, -0.2) is 0 Å². The van der Waals surface area contributed by atoms with E-state index in [9.17, 15) is 9.59 Å². The molecule has 31 heavy (non-hydrogen) atoms. The second-order valence-corrected chi connectivity index (χ2v) is 8.05. The van der Waals surface area contributed by atoms with E-state index in [1.807, 2.05) is 6.07 Å². The van der Waals surface area contributed by atoms with E-state index >= 15 is 0 Å². The lowest BCUT2D eigenvalue weighted by Crippen LogP contribution is -2.47. The van der Waals surface area contributed by atoms with E-state index in [2.05, 4.69) is 5.32 Å². The average molecular weight is 470 g/mol. The van der Waals surface area contributed by atoms with E-state index < -0.39 is 11.6 Å². The Morgan fingerprint density at radius 2 is 1.68 bits per heavy atom. The van der Waals surface area contributed by atoms with Gasteiger partial charge in [-0.05, 0) is 69.0 Å². The van der Waals surface area contributed by atoms with Crippen molar-refractivity contribution >= 4 is 35.1 Å². The van der Waals surface area contributed by atoms with Gasteiger partial charge >= 0.3 is 5.97 Å². The van der Waals surface area contributed by atoms with Crippen molar-refractivity contribution in [3.05, 3.63) is 63.6 Å². The van der Waals surface area contributed by atoms with Gasteiger partial charge in [-0.2, -0.15) is 0 Å². The Bertz CT molecular complexity index is 854. The number of carboxylic acid groups (broad SMARTS) is 1. The Morgan fingerprint density at radius 1 is 1.06 bits per heavy atom. The lowest BCUT2D eigenvalue weighted by atomic mass is 10.1. The van der Waals surface area contributed by atoms with Crippen LogP contribution in [0.3, 0.4) is 0 Å². The summed E-state index contributed by atoms with van der Waals surface area (Å²) in [6, 6.07) is 12.3. The van der Waals surface area contributed by atoms with E-state index in [-0.39, 0.29) is 18.9 Å². The van der Waals surface area contributed by atoms with Crippen LogP contribution in [0, 0.1) is 0 Å². The summed E-state index contributed by atoms with van der Waals surface area (Å²) in [4.78, 5) is 23.1. The summed E-state index contributed by atoms with van der Waals surface area (Å²) in [6.07, 6.45) is 1.11. The molecule has 2 rings (SSSR count). The zero-order valence-electron chi connectivity index (χ0n) is 18.0. The van der Waals surface area contributed by atoms with Crippen LogP contribution in [0.15, 0.2) is 42.5 Å². The number of nitrogens with one attached hydrogen (secondary N) is 1. The number of hydrogen-bond donors (Lipinski definition) is 3. The maximum absolute atomic E-state index is 12.5. The molecule has 8 heteroatoms. The quantitative estimate of drug-likeness (QED) is 0.501. The minimum atomic E-state index is -1.06. The van der Waals surface area contributed by atoms with Crippen molar-refractivity contribution in [2.45, 2.75) is 45.6 Å². The number of aliphatic carboxylic acids is 1. The molecule has 0 saturated heterocycles.